The zero-order chi connectivity index (χ0) is 28.3. The van der Waals surface area contributed by atoms with E-state index < -0.39 is 0 Å². The van der Waals surface area contributed by atoms with E-state index in [1.165, 1.54) is 24.3 Å². The van der Waals surface area contributed by atoms with Crippen molar-refractivity contribution in [1.82, 2.24) is 14.7 Å². The summed E-state index contributed by atoms with van der Waals surface area (Å²) in [6, 6.07) is 28.0. The van der Waals surface area contributed by atoms with Crippen LogP contribution in [0.2, 0.25) is 5.02 Å². The molecule has 4 nitrogen and oxygen atoms in total. The highest BCUT2D eigenvalue weighted by molar-refractivity contribution is 6.33. The molecule has 0 unspecified atom stereocenters. The molecular weight excluding hydrogens is 540 g/mol. The summed E-state index contributed by atoms with van der Waals surface area (Å²) in [6.07, 6.45) is 3.38. The van der Waals surface area contributed by atoms with Crippen LogP contribution in [0.4, 0.5) is 8.78 Å². The van der Waals surface area contributed by atoms with Crippen LogP contribution in [0.3, 0.4) is 0 Å². The Kier molecular flexibility index (Phi) is 7.77. The van der Waals surface area contributed by atoms with E-state index in [0.29, 0.717) is 17.1 Å². The molecule has 41 heavy (non-hydrogen) atoms. The Hall–Kier alpha value is -4.13. The predicted molar refractivity (Wildman–Crippen MR) is 158 cm³/mol. The lowest BCUT2D eigenvalue weighted by molar-refractivity contribution is 0.0835. The normalized spacial score (nSPS) is 14.3. The van der Waals surface area contributed by atoms with E-state index in [2.05, 4.69) is 4.90 Å². The highest BCUT2D eigenvalue weighted by Crippen LogP contribution is 2.34. The van der Waals surface area contributed by atoms with E-state index >= 15 is 0 Å². The summed E-state index contributed by atoms with van der Waals surface area (Å²) in [7, 11) is 0. The maximum atomic E-state index is 13.4. The zero-order valence-electron chi connectivity index (χ0n) is 22.3. The van der Waals surface area contributed by atoms with Gasteiger partial charge in [-0.05, 0) is 91.7 Å². The third-order valence-electron chi connectivity index (χ3n) is 7.74. The van der Waals surface area contributed by atoms with Gasteiger partial charge >= 0.3 is 0 Å². The smallest absolute Gasteiger partial charge is 0.166 e. The molecule has 0 aliphatic carbocycles. The number of benzene rings is 4. The molecule has 0 bridgehead atoms. The first-order valence-electron chi connectivity index (χ1n) is 13.7. The molecule has 0 saturated carbocycles. The van der Waals surface area contributed by atoms with Crippen molar-refractivity contribution in [2.24, 2.45) is 5.92 Å². The zero-order valence-corrected chi connectivity index (χ0v) is 23.1. The Morgan fingerprint density at radius 3 is 2.02 bits per heavy atom. The lowest BCUT2D eigenvalue weighted by atomic mass is 9.88. The number of carbonyl (C=O) groups excluding carboxylic acids is 1. The first-order chi connectivity index (χ1) is 20.0. The Balaban J connectivity index is 1.23. The van der Waals surface area contributed by atoms with Crippen molar-refractivity contribution in [3.8, 4) is 28.1 Å². The second-order valence-corrected chi connectivity index (χ2v) is 10.8. The molecule has 1 aliphatic heterocycles. The standard InChI is InChI=1S/C34H28ClF2N3O/c35-32-4-2-1-3-31(32)33-27(22-39-19-17-26(18-20-39)34(41)25-7-13-29(37)14-8-25)21-38-40(33)30-15-9-24(10-16-30)23-5-11-28(36)12-6-23/h1-16,21,26H,17-20,22H2. The van der Waals surface area contributed by atoms with E-state index in [0.717, 1.165) is 59.6 Å². The number of hydrogen-bond donors (Lipinski definition) is 0. The van der Waals surface area contributed by atoms with Gasteiger partial charge in [-0.1, -0.05) is 54.1 Å². The predicted octanol–water partition coefficient (Wildman–Crippen LogP) is 8.23. The molecule has 6 rings (SSSR count). The Bertz CT molecular complexity index is 1660. The third kappa shape index (κ3) is 5.85. The average molecular weight is 568 g/mol. The average Bonchev–Trinajstić information content (AvgIpc) is 3.41. The molecule has 0 spiro atoms. The number of likely N-dealkylation sites (tertiary alicyclic amines) is 1. The Labute approximate surface area is 242 Å². The van der Waals surface area contributed by atoms with E-state index in [4.69, 9.17) is 16.7 Å². The molecule has 7 heteroatoms. The second kappa shape index (κ2) is 11.8. The van der Waals surface area contributed by atoms with E-state index in [1.807, 2.05) is 59.4 Å². The second-order valence-electron chi connectivity index (χ2n) is 10.4. The van der Waals surface area contributed by atoms with Crippen molar-refractivity contribution in [3.05, 3.63) is 131 Å². The summed E-state index contributed by atoms with van der Waals surface area (Å²) in [5, 5.41) is 5.41. The van der Waals surface area contributed by atoms with Crippen molar-refractivity contribution < 1.29 is 13.6 Å². The van der Waals surface area contributed by atoms with Gasteiger partial charge in [0.1, 0.15) is 11.6 Å². The van der Waals surface area contributed by atoms with E-state index in [-0.39, 0.29) is 23.3 Å². The fraction of sp³-hybridized carbons (Fsp3) is 0.176. The van der Waals surface area contributed by atoms with Gasteiger partial charge in [-0.3, -0.25) is 9.69 Å². The number of carbonyl (C=O) groups is 1. The minimum absolute atomic E-state index is 0.0675. The van der Waals surface area contributed by atoms with Gasteiger partial charge in [0, 0.05) is 34.2 Å². The number of hydrogen-bond acceptors (Lipinski definition) is 3. The Morgan fingerprint density at radius 2 is 1.39 bits per heavy atom. The summed E-state index contributed by atoms with van der Waals surface area (Å²) in [6.45, 7) is 2.22. The summed E-state index contributed by atoms with van der Waals surface area (Å²) >= 11 is 6.68. The van der Waals surface area contributed by atoms with Crippen LogP contribution in [-0.4, -0.2) is 33.6 Å². The molecular formula is C34H28ClF2N3O. The SMILES string of the molecule is O=C(c1ccc(F)cc1)C1CCN(Cc2cnn(-c3ccc(-c4ccc(F)cc4)cc3)c2-c2ccccc2Cl)CC1. The van der Waals surface area contributed by atoms with Crippen molar-refractivity contribution >= 4 is 17.4 Å². The Morgan fingerprint density at radius 1 is 0.805 bits per heavy atom. The third-order valence-corrected chi connectivity index (χ3v) is 8.07. The summed E-state index contributed by atoms with van der Waals surface area (Å²) in [4.78, 5) is 15.3. The highest BCUT2D eigenvalue weighted by Gasteiger charge is 2.27. The van der Waals surface area contributed by atoms with Gasteiger partial charge in [-0.25, -0.2) is 13.5 Å². The number of aromatic nitrogens is 2. The minimum atomic E-state index is -0.338. The fourth-order valence-corrected chi connectivity index (χ4v) is 5.74. The number of halogens is 3. The lowest BCUT2D eigenvalue weighted by Crippen LogP contribution is -2.36. The number of piperidine rings is 1. The first kappa shape index (κ1) is 27.1. The number of ketones is 1. The van der Waals surface area contributed by atoms with Crippen LogP contribution >= 0.6 is 11.6 Å². The van der Waals surface area contributed by atoms with Crippen LogP contribution in [0.5, 0.6) is 0 Å². The van der Waals surface area contributed by atoms with Crippen LogP contribution in [-0.2, 0) is 6.54 Å². The summed E-state index contributed by atoms with van der Waals surface area (Å²) in [5.41, 5.74) is 6.24. The topological polar surface area (TPSA) is 38.1 Å². The maximum Gasteiger partial charge on any atom is 0.166 e. The quantitative estimate of drug-likeness (QED) is 0.186. The molecule has 0 amide bonds. The number of nitrogens with zero attached hydrogens (tertiary/aromatic N) is 3. The molecule has 1 aromatic heterocycles. The van der Waals surface area contributed by atoms with Crippen molar-refractivity contribution in [1.29, 1.82) is 0 Å². The van der Waals surface area contributed by atoms with Crippen LogP contribution in [0.15, 0.2) is 103 Å². The van der Waals surface area contributed by atoms with Gasteiger partial charge in [0.05, 0.1) is 17.6 Å². The number of Topliss-reactive ketones (excluding diaryl/α,β-unsaturated/α-hetero) is 1. The minimum Gasteiger partial charge on any atom is -0.299 e. The molecule has 206 valence electrons. The summed E-state index contributed by atoms with van der Waals surface area (Å²) < 4.78 is 28.6. The monoisotopic (exact) mass is 567 g/mol. The van der Waals surface area contributed by atoms with Gasteiger partial charge in [0.15, 0.2) is 5.78 Å². The molecule has 1 aliphatic rings. The summed E-state index contributed by atoms with van der Waals surface area (Å²) in [5.74, 6) is -0.585. The van der Waals surface area contributed by atoms with Crippen LogP contribution < -0.4 is 0 Å². The van der Waals surface area contributed by atoms with Crippen molar-refractivity contribution in [3.63, 3.8) is 0 Å². The fourth-order valence-electron chi connectivity index (χ4n) is 5.52. The molecule has 1 saturated heterocycles. The van der Waals surface area contributed by atoms with E-state index in [9.17, 15) is 13.6 Å². The molecule has 2 heterocycles. The van der Waals surface area contributed by atoms with Crippen molar-refractivity contribution in [2.45, 2.75) is 19.4 Å². The molecule has 0 atom stereocenters. The van der Waals surface area contributed by atoms with E-state index in [1.54, 1.807) is 24.3 Å². The molecule has 5 aromatic rings. The van der Waals surface area contributed by atoms with Gasteiger partial charge in [-0.15, -0.1) is 0 Å². The number of rotatable bonds is 7. The van der Waals surface area contributed by atoms with Crippen LogP contribution in [0.1, 0.15) is 28.8 Å². The van der Waals surface area contributed by atoms with Crippen LogP contribution in [0, 0.1) is 17.6 Å². The van der Waals surface area contributed by atoms with Gasteiger partial charge in [0.2, 0.25) is 0 Å². The lowest BCUT2D eigenvalue weighted by Gasteiger charge is -2.31. The van der Waals surface area contributed by atoms with Gasteiger partial charge < -0.3 is 0 Å². The maximum absolute atomic E-state index is 13.4. The first-order valence-corrected chi connectivity index (χ1v) is 14.0. The molecule has 1 fully saturated rings. The molecule has 4 aromatic carbocycles. The molecule has 0 radical (unpaired) electrons. The van der Waals surface area contributed by atoms with Crippen LogP contribution in [0.25, 0.3) is 28.1 Å². The van der Waals surface area contributed by atoms with Gasteiger partial charge in [-0.2, -0.15) is 5.10 Å². The van der Waals surface area contributed by atoms with Crippen molar-refractivity contribution in [2.75, 3.05) is 13.1 Å². The highest BCUT2D eigenvalue weighted by atomic mass is 35.5. The largest absolute Gasteiger partial charge is 0.299 e. The van der Waals surface area contributed by atoms with Gasteiger partial charge in [0.25, 0.3) is 0 Å². The molecule has 0 N–H and O–H groups in total.